The summed E-state index contributed by atoms with van der Waals surface area (Å²) in [6.07, 6.45) is 4.82. The molecule has 0 aliphatic heterocycles. The summed E-state index contributed by atoms with van der Waals surface area (Å²) >= 11 is 0. The van der Waals surface area contributed by atoms with Gasteiger partial charge < -0.3 is 15.4 Å². The zero-order valence-electron chi connectivity index (χ0n) is 12.9. The van der Waals surface area contributed by atoms with E-state index >= 15 is 0 Å². The van der Waals surface area contributed by atoms with Crippen molar-refractivity contribution in [3.05, 3.63) is 36.0 Å². The van der Waals surface area contributed by atoms with Gasteiger partial charge in [0, 0.05) is 24.7 Å². The number of carbonyl (C=O) groups excluding carboxylic acids is 1. The number of hydrogen-bond donors (Lipinski definition) is 2. The van der Waals surface area contributed by atoms with Gasteiger partial charge in [0.2, 0.25) is 0 Å². The van der Waals surface area contributed by atoms with Crippen LogP contribution in [0, 0.1) is 6.92 Å². The first-order chi connectivity index (χ1) is 10.7. The maximum absolute atomic E-state index is 12.2. The maximum Gasteiger partial charge on any atom is 0.319 e. The van der Waals surface area contributed by atoms with Crippen molar-refractivity contribution in [1.82, 2.24) is 10.3 Å². The molecule has 5 nitrogen and oxygen atoms in total. The van der Waals surface area contributed by atoms with Crippen molar-refractivity contribution >= 4 is 22.6 Å². The van der Waals surface area contributed by atoms with Crippen molar-refractivity contribution in [3.63, 3.8) is 0 Å². The van der Waals surface area contributed by atoms with E-state index in [1.807, 2.05) is 25.1 Å². The average molecular weight is 299 g/mol. The Morgan fingerprint density at radius 1 is 1.36 bits per heavy atom. The summed E-state index contributed by atoms with van der Waals surface area (Å²) in [6, 6.07) is 7.90. The molecule has 1 aromatic heterocycles. The highest BCUT2D eigenvalue weighted by atomic mass is 16.5. The van der Waals surface area contributed by atoms with E-state index in [-0.39, 0.29) is 18.2 Å². The Balaban J connectivity index is 1.72. The third-order valence-electron chi connectivity index (χ3n) is 4.15. The van der Waals surface area contributed by atoms with E-state index in [2.05, 4.69) is 21.7 Å². The summed E-state index contributed by atoms with van der Waals surface area (Å²) in [6.45, 7) is 2.01. The number of rotatable bonds is 3. The third kappa shape index (κ3) is 3.20. The van der Waals surface area contributed by atoms with Gasteiger partial charge in [0.1, 0.15) is 0 Å². The lowest BCUT2D eigenvalue weighted by Crippen LogP contribution is -2.36. The molecule has 1 aliphatic rings. The molecule has 2 amide bonds. The van der Waals surface area contributed by atoms with Crippen molar-refractivity contribution in [3.8, 4) is 0 Å². The van der Waals surface area contributed by atoms with Gasteiger partial charge in [0.25, 0.3) is 0 Å². The molecule has 2 atom stereocenters. The van der Waals surface area contributed by atoms with Gasteiger partial charge in [-0.15, -0.1) is 0 Å². The molecule has 2 N–H and O–H groups in total. The van der Waals surface area contributed by atoms with E-state index in [0.29, 0.717) is 0 Å². The number of ether oxygens (including phenoxy) is 1. The molecule has 116 valence electrons. The predicted molar refractivity (Wildman–Crippen MR) is 87.1 cm³/mol. The van der Waals surface area contributed by atoms with Crippen molar-refractivity contribution < 1.29 is 9.53 Å². The van der Waals surface area contributed by atoms with Crippen molar-refractivity contribution in [2.24, 2.45) is 0 Å². The number of nitrogens with one attached hydrogen (secondary N) is 2. The molecule has 0 radical (unpaired) electrons. The lowest BCUT2D eigenvalue weighted by atomic mass is 10.1. The Morgan fingerprint density at radius 2 is 2.23 bits per heavy atom. The zero-order valence-corrected chi connectivity index (χ0v) is 12.9. The van der Waals surface area contributed by atoms with E-state index in [4.69, 9.17) is 4.74 Å². The van der Waals surface area contributed by atoms with E-state index < -0.39 is 0 Å². The summed E-state index contributed by atoms with van der Waals surface area (Å²) < 4.78 is 5.33. The molecule has 22 heavy (non-hydrogen) atoms. The predicted octanol–water partition coefficient (Wildman–Crippen LogP) is 3.23. The number of aryl methyl sites for hydroxylation is 1. The second kappa shape index (κ2) is 6.32. The first-order valence-corrected chi connectivity index (χ1v) is 7.61. The number of carbonyl (C=O) groups is 1. The van der Waals surface area contributed by atoms with Crippen molar-refractivity contribution in [1.29, 1.82) is 0 Å². The van der Waals surface area contributed by atoms with Crippen LogP contribution in [0.25, 0.3) is 10.9 Å². The van der Waals surface area contributed by atoms with Crippen LogP contribution in [-0.4, -0.2) is 30.3 Å². The molecule has 5 heteroatoms. The topological polar surface area (TPSA) is 63.2 Å². The molecule has 1 aromatic carbocycles. The smallest absolute Gasteiger partial charge is 0.319 e. The van der Waals surface area contributed by atoms with E-state index in [1.165, 1.54) is 0 Å². The minimum Gasteiger partial charge on any atom is -0.381 e. The quantitative estimate of drug-likeness (QED) is 0.914. The van der Waals surface area contributed by atoms with Crippen LogP contribution in [0.1, 0.15) is 24.8 Å². The average Bonchev–Trinajstić information content (AvgIpc) is 2.94. The first kappa shape index (κ1) is 14.8. The molecule has 1 aliphatic carbocycles. The van der Waals surface area contributed by atoms with Crippen LogP contribution in [0.4, 0.5) is 10.5 Å². The van der Waals surface area contributed by atoms with Crippen LogP contribution in [0.2, 0.25) is 0 Å². The molecule has 1 heterocycles. The lowest BCUT2D eigenvalue weighted by molar-refractivity contribution is 0.107. The molecule has 0 unspecified atom stereocenters. The van der Waals surface area contributed by atoms with Gasteiger partial charge in [-0.25, -0.2) is 4.79 Å². The maximum atomic E-state index is 12.2. The molecule has 1 fully saturated rings. The fraction of sp³-hybridized carbons (Fsp3) is 0.412. The minimum absolute atomic E-state index is 0.175. The van der Waals surface area contributed by atoms with Gasteiger partial charge in [0.15, 0.2) is 0 Å². The number of nitrogens with zero attached hydrogens (tertiary/aromatic N) is 1. The third-order valence-corrected chi connectivity index (χ3v) is 4.15. The summed E-state index contributed by atoms with van der Waals surface area (Å²) in [5.41, 5.74) is 2.65. The molecular weight excluding hydrogens is 278 g/mol. The summed E-state index contributed by atoms with van der Waals surface area (Å²) in [7, 11) is 1.72. The Kier molecular flexibility index (Phi) is 4.24. The monoisotopic (exact) mass is 299 g/mol. The van der Waals surface area contributed by atoms with Crippen molar-refractivity contribution in [2.45, 2.75) is 38.3 Å². The molecule has 1 saturated carbocycles. The summed E-state index contributed by atoms with van der Waals surface area (Å²) in [5, 5.41) is 6.98. The van der Waals surface area contributed by atoms with Crippen molar-refractivity contribution in [2.75, 3.05) is 12.4 Å². The van der Waals surface area contributed by atoms with Crippen LogP contribution < -0.4 is 10.6 Å². The van der Waals surface area contributed by atoms with Gasteiger partial charge in [0.05, 0.1) is 17.3 Å². The fourth-order valence-electron chi connectivity index (χ4n) is 3.07. The number of benzene rings is 1. The minimum atomic E-state index is -0.181. The molecular formula is C17H21N3O2. The van der Waals surface area contributed by atoms with Crippen LogP contribution >= 0.6 is 0 Å². The van der Waals surface area contributed by atoms with Gasteiger partial charge in [-0.3, -0.25) is 4.98 Å². The highest BCUT2D eigenvalue weighted by molar-refractivity contribution is 6.00. The second-order valence-electron chi connectivity index (χ2n) is 5.85. The summed E-state index contributed by atoms with van der Waals surface area (Å²) in [4.78, 5) is 16.6. The van der Waals surface area contributed by atoms with E-state index in [0.717, 1.165) is 41.4 Å². The Bertz CT molecular complexity index is 687. The molecule has 2 aromatic rings. The highest BCUT2D eigenvalue weighted by Gasteiger charge is 2.25. The molecule has 3 rings (SSSR count). The van der Waals surface area contributed by atoms with Crippen LogP contribution in [0.15, 0.2) is 30.5 Å². The highest BCUT2D eigenvalue weighted by Crippen LogP contribution is 2.24. The van der Waals surface area contributed by atoms with Crippen LogP contribution in [-0.2, 0) is 4.74 Å². The van der Waals surface area contributed by atoms with E-state index in [9.17, 15) is 4.79 Å². The molecule has 0 spiro atoms. The van der Waals surface area contributed by atoms with Gasteiger partial charge in [-0.1, -0.05) is 6.07 Å². The largest absolute Gasteiger partial charge is 0.381 e. The normalized spacial score (nSPS) is 21.0. The fourth-order valence-corrected chi connectivity index (χ4v) is 3.07. The Hall–Kier alpha value is -2.14. The Labute approximate surface area is 130 Å². The number of hydrogen-bond acceptors (Lipinski definition) is 3. The van der Waals surface area contributed by atoms with Gasteiger partial charge in [-0.05, 0) is 49.9 Å². The number of fused-ring (bicyclic) bond motifs is 1. The van der Waals surface area contributed by atoms with Gasteiger partial charge in [-0.2, -0.15) is 0 Å². The SMILES string of the molecule is CO[C@H]1CC[C@H](NC(=O)Nc2cc(C)cc3cccnc23)C1. The van der Waals surface area contributed by atoms with Gasteiger partial charge >= 0.3 is 6.03 Å². The lowest BCUT2D eigenvalue weighted by Gasteiger charge is -2.15. The number of methoxy groups -OCH3 is 1. The number of anilines is 1. The Morgan fingerprint density at radius 3 is 3.00 bits per heavy atom. The van der Waals surface area contributed by atoms with E-state index in [1.54, 1.807) is 13.3 Å². The zero-order chi connectivity index (χ0) is 15.5. The first-order valence-electron chi connectivity index (χ1n) is 7.61. The van der Waals surface area contributed by atoms with Crippen LogP contribution in [0.3, 0.4) is 0 Å². The standard InChI is InChI=1S/C17H21N3O2/c1-11-8-12-4-3-7-18-16(12)15(9-11)20-17(21)19-13-5-6-14(10-13)22-2/h3-4,7-9,13-14H,5-6,10H2,1-2H3,(H2,19,20,21)/t13-,14-/m0/s1. The number of urea groups is 1. The summed E-state index contributed by atoms with van der Waals surface area (Å²) in [5.74, 6) is 0. The second-order valence-corrected chi connectivity index (χ2v) is 5.85. The van der Waals surface area contributed by atoms with Crippen LogP contribution in [0.5, 0.6) is 0 Å². The number of amides is 2. The molecule has 0 saturated heterocycles. The molecule has 0 bridgehead atoms. The number of pyridine rings is 1. The number of aromatic nitrogens is 1.